The zero-order valence-corrected chi connectivity index (χ0v) is 13.0. The first-order valence-corrected chi connectivity index (χ1v) is 7.18. The average molecular weight is 304 g/mol. The van der Waals surface area contributed by atoms with Gasteiger partial charge in [-0.2, -0.15) is 0 Å². The van der Waals surface area contributed by atoms with Crippen LogP contribution in [0.3, 0.4) is 0 Å². The van der Waals surface area contributed by atoms with E-state index in [1.807, 2.05) is 6.92 Å². The van der Waals surface area contributed by atoms with E-state index in [1.54, 1.807) is 22.8 Å². The maximum atomic E-state index is 12.7. The molecule has 6 heteroatoms. The zero-order valence-electron chi connectivity index (χ0n) is 13.0. The predicted molar refractivity (Wildman–Crippen MR) is 85.4 cm³/mol. The smallest absolute Gasteiger partial charge is 0.308 e. The third kappa shape index (κ3) is 2.90. The number of pyridine rings is 1. The second-order valence-electron chi connectivity index (χ2n) is 5.04. The molecule has 0 aliphatic heterocycles. The van der Waals surface area contributed by atoms with Gasteiger partial charge in [-0.15, -0.1) is 0 Å². The molecule has 0 radical (unpaired) electrons. The first-order chi connectivity index (χ1) is 10.5. The molecule has 0 aliphatic carbocycles. The lowest BCUT2D eigenvalue weighted by Crippen LogP contribution is -2.24. The normalized spacial score (nSPS) is 10.7. The van der Waals surface area contributed by atoms with Crippen molar-refractivity contribution in [3.05, 3.63) is 28.6 Å². The Hall–Kier alpha value is -2.50. The molecule has 0 amide bonds. The number of unbranched alkanes of at least 4 members (excludes halogenated alkanes) is 1. The minimum atomic E-state index is -0.563. The molecule has 0 unspecified atom stereocenters. The molecule has 6 nitrogen and oxygen atoms in total. The number of carbonyl (C=O) groups excluding carboxylic acids is 1. The number of hydrogen-bond acceptors (Lipinski definition) is 5. The van der Waals surface area contributed by atoms with Crippen molar-refractivity contribution in [2.45, 2.75) is 33.2 Å². The van der Waals surface area contributed by atoms with Gasteiger partial charge in [0.2, 0.25) is 5.75 Å². The van der Waals surface area contributed by atoms with E-state index in [0.29, 0.717) is 23.1 Å². The summed E-state index contributed by atoms with van der Waals surface area (Å²) in [5.41, 5.74) is 6.68. The van der Waals surface area contributed by atoms with Crippen molar-refractivity contribution in [2.75, 3.05) is 12.8 Å². The third-order valence-corrected chi connectivity index (χ3v) is 3.39. The number of aromatic nitrogens is 1. The molecule has 0 bridgehead atoms. The summed E-state index contributed by atoms with van der Waals surface area (Å²) in [6, 6.07) is 5.21. The summed E-state index contributed by atoms with van der Waals surface area (Å²) >= 11 is 0. The van der Waals surface area contributed by atoms with Crippen LogP contribution in [0.1, 0.15) is 26.7 Å². The van der Waals surface area contributed by atoms with E-state index in [2.05, 4.69) is 0 Å². The van der Waals surface area contributed by atoms with Gasteiger partial charge in [-0.1, -0.05) is 13.3 Å². The molecule has 2 N–H and O–H groups in total. The Morgan fingerprint density at radius 2 is 2.05 bits per heavy atom. The standard InChI is InChI=1S/C16H20N2O4/c1-4-5-8-18-13-9-11(17)6-7-12(13)14(21-3)15(16(18)20)22-10(2)19/h6-7,9H,4-5,8,17H2,1-3H3. The first-order valence-electron chi connectivity index (χ1n) is 7.18. The Bertz CT molecular complexity index is 765. The number of fused-ring (bicyclic) bond motifs is 1. The Kier molecular flexibility index (Phi) is 4.70. The highest BCUT2D eigenvalue weighted by molar-refractivity contribution is 5.90. The Morgan fingerprint density at radius 3 is 2.64 bits per heavy atom. The fraction of sp³-hybridized carbons (Fsp3) is 0.375. The zero-order chi connectivity index (χ0) is 16.3. The van der Waals surface area contributed by atoms with Gasteiger partial charge in [0.1, 0.15) is 0 Å². The van der Waals surface area contributed by atoms with Crippen LogP contribution in [0.15, 0.2) is 23.0 Å². The van der Waals surface area contributed by atoms with Gasteiger partial charge in [0.15, 0.2) is 5.75 Å². The molecule has 118 valence electrons. The number of nitrogens with two attached hydrogens (primary N) is 1. The number of ether oxygens (including phenoxy) is 2. The largest absolute Gasteiger partial charge is 0.492 e. The molecule has 0 spiro atoms. The lowest BCUT2D eigenvalue weighted by molar-refractivity contribution is -0.132. The third-order valence-electron chi connectivity index (χ3n) is 3.39. The summed E-state index contributed by atoms with van der Waals surface area (Å²) < 4.78 is 12.0. The van der Waals surface area contributed by atoms with Crippen LogP contribution in [0, 0.1) is 0 Å². The topological polar surface area (TPSA) is 83.5 Å². The van der Waals surface area contributed by atoms with Gasteiger partial charge in [-0.05, 0) is 24.6 Å². The van der Waals surface area contributed by atoms with Gasteiger partial charge in [-0.25, -0.2) is 0 Å². The van der Waals surface area contributed by atoms with Crippen molar-refractivity contribution in [3.8, 4) is 11.5 Å². The van der Waals surface area contributed by atoms with E-state index < -0.39 is 11.5 Å². The van der Waals surface area contributed by atoms with Gasteiger partial charge < -0.3 is 19.8 Å². The summed E-state index contributed by atoms with van der Waals surface area (Å²) in [4.78, 5) is 24.0. The number of esters is 1. The Morgan fingerprint density at radius 1 is 1.32 bits per heavy atom. The first kappa shape index (κ1) is 15.9. The number of nitrogen functional groups attached to an aromatic ring is 1. The van der Waals surface area contributed by atoms with E-state index in [9.17, 15) is 9.59 Å². The lowest BCUT2D eigenvalue weighted by atomic mass is 10.1. The summed E-state index contributed by atoms with van der Waals surface area (Å²) in [5.74, 6) is -0.390. The quantitative estimate of drug-likeness (QED) is 0.677. The second-order valence-corrected chi connectivity index (χ2v) is 5.04. The molecule has 0 saturated carbocycles. The van der Waals surface area contributed by atoms with Crippen LogP contribution in [0.4, 0.5) is 5.69 Å². The second kappa shape index (κ2) is 6.51. The fourth-order valence-corrected chi connectivity index (χ4v) is 2.39. The van der Waals surface area contributed by atoms with Crippen LogP contribution in [-0.2, 0) is 11.3 Å². The molecular weight excluding hydrogens is 284 g/mol. The number of benzene rings is 1. The highest BCUT2D eigenvalue weighted by Gasteiger charge is 2.20. The van der Waals surface area contributed by atoms with E-state index in [0.717, 1.165) is 12.8 Å². The van der Waals surface area contributed by atoms with Crippen LogP contribution in [0.2, 0.25) is 0 Å². The predicted octanol–water partition coefficient (Wildman–Crippen LogP) is 2.32. The molecule has 1 aromatic carbocycles. The van der Waals surface area contributed by atoms with Crippen molar-refractivity contribution in [3.63, 3.8) is 0 Å². The minimum Gasteiger partial charge on any atom is -0.492 e. The number of hydrogen-bond donors (Lipinski definition) is 1. The SMILES string of the molecule is CCCCn1c(=O)c(OC(C)=O)c(OC)c2ccc(N)cc21. The van der Waals surface area contributed by atoms with E-state index in [1.165, 1.54) is 14.0 Å². The van der Waals surface area contributed by atoms with Gasteiger partial charge in [0.05, 0.1) is 12.6 Å². The Balaban J connectivity index is 2.83. The number of nitrogens with zero attached hydrogens (tertiary/aromatic N) is 1. The Labute approximate surface area is 128 Å². The monoisotopic (exact) mass is 304 g/mol. The number of rotatable bonds is 5. The van der Waals surface area contributed by atoms with Gasteiger partial charge >= 0.3 is 5.97 Å². The maximum absolute atomic E-state index is 12.7. The van der Waals surface area contributed by atoms with Crippen molar-refractivity contribution in [2.24, 2.45) is 0 Å². The molecular formula is C16H20N2O4. The molecule has 2 rings (SSSR count). The molecule has 0 aliphatic rings. The molecule has 0 saturated heterocycles. The van der Waals surface area contributed by atoms with Crippen molar-refractivity contribution < 1.29 is 14.3 Å². The van der Waals surface area contributed by atoms with E-state index in [4.69, 9.17) is 15.2 Å². The lowest BCUT2D eigenvalue weighted by Gasteiger charge is -2.16. The number of methoxy groups -OCH3 is 1. The van der Waals surface area contributed by atoms with Crippen LogP contribution < -0.4 is 20.8 Å². The number of carbonyl (C=O) groups is 1. The van der Waals surface area contributed by atoms with Crippen molar-refractivity contribution >= 4 is 22.6 Å². The van der Waals surface area contributed by atoms with Crippen LogP contribution in [-0.4, -0.2) is 17.6 Å². The molecule has 0 atom stereocenters. The van der Waals surface area contributed by atoms with Crippen molar-refractivity contribution in [1.29, 1.82) is 0 Å². The number of aryl methyl sites for hydroxylation is 1. The maximum Gasteiger partial charge on any atom is 0.308 e. The summed E-state index contributed by atoms with van der Waals surface area (Å²) in [7, 11) is 1.44. The van der Waals surface area contributed by atoms with Gasteiger partial charge in [0.25, 0.3) is 5.56 Å². The molecule has 2 aromatic rings. The minimum absolute atomic E-state index is 0.0802. The van der Waals surface area contributed by atoms with E-state index in [-0.39, 0.29) is 11.5 Å². The average Bonchev–Trinajstić information content (AvgIpc) is 2.47. The highest BCUT2D eigenvalue weighted by Crippen LogP contribution is 2.33. The van der Waals surface area contributed by atoms with Crippen LogP contribution in [0.5, 0.6) is 11.5 Å². The van der Waals surface area contributed by atoms with E-state index >= 15 is 0 Å². The molecule has 22 heavy (non-hydrogen) atoms. The fourth-order valence-electron chi connectivity index (χ4n) is 2.39. The van der Waals surface area contributed by atoms with Gasteiger partial charge in [0, 0.05) is 24.5 Å². The van der Waals surface area contributed by atoms with Crippen molar-refractivity contribution in [1.82, 2.24) is 4.57 Å². The number of anilines is 1. The van der Waals surface area contributed by atoms with Gasteiger partial charge in [-0.3, -0.25) is 9.59 Å². The summed E-state index contributed by atoms with van der Waals surface area (Å²) in [6.45, 7) is 3.81. The van der Waals surface area contributed by atoms with Crippen LogP contribution >= 0.6 is 0 Å². The molecule has 1 heterocycles. The van der Waals surface area contributed by atoms with Crippen LogP contribution in [0.25, 0.3) is 10.9 Å². The summed E-state index contributed by atoms with van der Waals surface area (Å²) in [5, 5.41) is 0.684. The summed E-state index contributed by atoms with van der Waals surface area (Å²) in [6.07, 6.45) is 1.76. The highest BCUT2D eigenvalue weighted by atomic mass is 16.6. The molecule has 0 fully saturated rings. The molecule has 1 aromatic heterocycles.